The summed E-state index contributed by atoms with van der Waals surface area (Å²) in [5.74, 6) is 1.07. The third-order valence-electron chi connectivity index (χ3n) is 5.26. The van der Waals surface area contributed by atoms with Crippen molar-refractivity contribution in [2.24, 2.45) is 0 Å². The van der Waals surface area contributed by atoms with Crippen LogP contribution < -0.4 is 20.5 Å². The second-order valence-electron chi connectivity index (χ2n) is 7.86. The molecule has 0 spiro atoms. The first kappa shape index (κ1) is 20.4. The number of rotatable bonds is 4. The molecule has 4 heteroatoms. The van der Waals surface area contributed by atoms with Gasteiger partial charge in [0.25, 0.3) is 5.91 Å². The first-order chi connectivity index (χ1) is 14.7. The van der Waals surface area contributed by atoms with Gasteiger partial charge in [-0.25, -0.2) is 0 Å². The number of hydrogen-bond donors (Lipinski definition) is 1. The number of aryl methyl sites for hydroxylation is 1. The van der Waals surface area contributed by atoms with Crippen LogP contribution in [-0.4, -0.2) is 11.7 Å². The molecular weight excluding hydrogens is 386 g/mol. The van der Waals surface area contributed by atoms with Gasteiger partial charge in [-0.2, -0.15) is 0 Å². The van der Waals surface area contributed by atoms with Crippen LogP contribution in [0.4, 0.5) is 5.69 Å². The van der Waals surface area contributed by atoms with Crippen LogP contribution in [0.2, 0.25) is 0 Å². The molecule has 1 N–H and O–H groups in total. The van der Waals surface area contributed by atoms with Crippen molar-refractivity contribution in [2.45, 2.75) is 20.8 Å². The van der Waals surface area contributed by atoms with E-state index in [0.29, 0.717) is 22.6 Å². The Hall–Kier alpha value is -3.92. The third kappa shape index (κ3) is 3.80. The summed E-state index contributed by atoms with van der Waals surface area (Å²) in [7, 11) is 0. The van der Waals surface area contributed by atoms with Crippen molar-refractivity contribution < 1.29 is 14.3 Å². The number of amides is 1. The van der Waals surface area contributed by atoms with Crippen LogP contribution in [0.15, 0.2) is 66.7 Å². The first-order valence-electron chi connectivity index (χ1n) is 9.99. The highest BCUT2D eigenvalue weighted by Crippen LogP contribution is 2.38. The molecule has 4 nitrogen and oxygen atoms in total. The summed E-state index contributed by atoms with van der Waals surface area (Å²) < 4.78 is 6.18. The average molecular weight is 409 g/mol. The van der Waals surface area contributed by atoms with Crippen LogP contribution in [0.25, 0.3) is 12.2 Å². The van der Waals surface area contributed by atoms with E-state index in [4.69, 9.17) is 4.74 Å². The van der Waals surface area contributed by atoms with Gasteiger partial charge in [0.1, 0.15) is 11.5 Å². The fraction of sp³-hybridized carbons (Fsp3) is 0.111. The first-order valence-corrected chi connectivity index (χ1v) is 9.99. The van der Waals surface area contributed by atoms with Crippen LogP contribution in [0.1, 0.15) is 40.9 Å². The smallest absolute Gasteiger partial charge is 0.250 e. The normalized spacial score (nSPS) is 11.8. The molecule has 0 aliphatic carbocycles. The predicted molar refractivity (Wildman–Crippen MR) is 124 cm³/mol. The number of nitrogens with one attached hydrogen (secondary N) is 1. The molecule has 0 radical (unpaired) electrons. The summed E-state index contributed by atoms with van der Waals surface area (Å²) in [4.78, 5) is 24.7. The van der Waals surface area contributed by atoms with Crippen molar-refractivity contribution in [3.63, 3.8) is 0 Å². The Bertz CT molecular complexity index is 1380. The summed E-state index contributed by atoms with van der Waals surface area (Å²) in [6, 6.07) is 17.2. The van der Waals surface area contributed by atoms with Gasteiger partial charge in [0.2, 0.25) is 0 Å². The molecule has 3 aromatic rings. The SMILES string of the molecule is C=C(C)C(=O)Nc1ccc(C2=c3ccc(=C)cc3Oc3cc(C)ccc32)c(C(C)=O)c1. The molecule has 154 valence electrons. The minimum absolute atomic E-state index is 0.0931. The molecular formula is C27H23NO3. The van der Waals surface area contributed by atoms with Gasteiger partial charge in [0.15, 0.2) is 5.78 Å². The zero-order valence-electron chi connectivity index (χ0n) is 17.8. The Labute approximate surface area is 181 Å². The lowest BCUT2D eigenvalue weighted by atomic mass is 9.88. The van der Waals surface area contributed by atoms with Crippen molar-refractivity contribution in [1.82, 2.24) is 0 Å². The summed E-state index contributed by atoms with van der Waals surface area (Å²) in [5.41, 5.74) is 5.16. The van der Waals surface area contributed by atoms with E-state index in [1.54, 1.807) is 19.1 Å². The molecule has 0 saturated heterocycles. The van der Waals surface area contributed by atoms with Crippen LogP contribution in [0.5, 0.6) is 11.5 Å². The van der Waals surface area contributed by atoms with Crippen molar-refractivity contribution in [3.05, 3.63) is 99.4 Å². The fourth-order valence-electron chi connectivity index (χ4n) is 3.70. The maximum absolute atomic E-state index is 12.6. The molecule has 0 saturated carbocycles. The van der Waals surface area contributed by atoms with Gasteiger partial charge in [-0.15, -0.1) is 0 Å². The van der Waals surface area contributed by atoms with Crippen molar-refractivity contribution in [2.75, 3.05) is 5.32 Å². The highest BCUT2D eigenvalue weighted by molar-refractivity contribution is 6.06. The third-order valence-corrected chi connectivity index (χ3v) is 5.26. The highest BCUT2D eigenvalue weighted by Gasteiger charge is 2.23. The zero-order valence-corrected chi connectivity index (χ0v) is 17.8. The van der Waals surface area contributed by atoms with E-state index in [1.165, 1.54) is 6.92 Å². The Balaban J connectivity index is 2.00. The summed E-state index contributed by atoms with van der Waals surface area (Å²) in [5, 5.41) is 4.53. The molecule has 4 rings (SSSR count). The molecule has 1 amide bonds. The van der Waals surface area contributed by atoms with E-state index in [-0.39, 0.29) is 11.7 Å². The number of ether oxygens (including phenoxy) is 1. The molecule has 3 aromatic carbocycles. The van der Waals surface area contributed by atoms with Gasteiger partial charge in [0.05, 0.1) is 0 Å². The van der Waals surface area contributed by atoms with Gasteiger partial charge >= 0.3 is 0 Å². The Morgan fingerprint density at radius 1 is 0.903 bits per heavy atom. The van der Waals surface area contributed by atoms with Gasteiger partial charge in [-0.3, -0.25) is 9.59 Å². The monoisotopic (exact) mass is 409 g/mol. The van der Waals surface area contributed by atoms with E-state index in [0.717, 1.165) is 38.5 Å². The van der Waals surface area contributed by atoms with Gasteiger partial charge < -0.3 is 10.1 Å². The highest BCUT2D eigenvalue weighted by atomic mass is 16.5. The minimum Gasteiger partial charge on any atom is -0.456 e. The summed E-state index contributed by atoms with van der Waals surface area (Å²) in [6.07, 6.45) is 0. The van der Waals surface area contributed by atoms with Gasteiger partial charge in [0, 0.05) is 33.2 Å². The van der Waals surface area contributed by atoms with Crippen molar-refractivity contribution in [3.8, 4) is 11.5 Å². The van der Waals surface area contributed by atoms with Crippen molar-refractivity contribution in [1.29, 1.82) is 0 Å². The molecule has 0 unspecified atom stereocenters. The standard InChI is InChI=1S/C27H23NO3/c1-15(2)27(30)28-19-8-11-20(23(14-19)18(5)29)26-21-9-6-16(3)12-24(21)31-25-13-17(4)7-10-22(25)26/h6-14H,1,3H2,2,4-5H3,(H,28,30). The Morgan fingerprint density at radius 3 is 2.35 bits per heavy atom. The zero-order chi connectivity index (χ0) is 22.3. The maximum atomic E-state index is 12.6. The summed E-state index contributed by atoms with van der Waals surface area (Å²) >= 11 is 0. The predicted octanol–water partition coefficient (Wildman–Crippen LogP) is 4.48. The number of benzene rings is 3. The number of carbonyl (C=O) groups excluding carboxylic acids is 2. The quantitative estimate of drug-likeness (QED) is 0.400. The summed E-state index contributed by atoms with van der Waals surface area (Å²) in [6.45, 7) is 12.8. The maximum Gasteiger partial charge on any atom is 0.250 e. The van der Waals surface area contributed by atoms with Crippen LogP contribution in [0, 0.1) is 6.92 Å². The van der Waals surface area contributed by atoms with Gasteiger partial charge in [-0.1, -0.05) is 43.5 Å². The van der Waals surface area contributed by atoms with Crippen molar-refractivity contribution >= 4 is 29.5 Å². The molecule has 0 aromatic heterocycles. The molecule has 0 atom stereocenters. The lowest BCUT2D eigenvalue weighted by molar-refractivity contribution is -0.112. The number of fused-ring (bicyclic) bond motifs is 2. The second kappa shape index (κ2) is 7.73. The van der Waals surface area contributed by atoms with E-state index in [9.17, 15) is 9.59 Å². The number of carbonyl (C=O) groups is 2. The van der Waals surface area contributed by atoms with Crippen LogP contribution in [-0.2, 0) is 4.79 Å². The fourth-order valence-corrected chi connectivity index (χ4v) is 3.70. The number of ketones is 1. The van der Waals surface area contributed by atoms with E-state index in [2.05, 4.69) is 18.5 Å². The van der Waals surface area contributed by atoms with Crippen LogP contribution in [0.3, 0.4) is 0 Å². The number of Topliss-reactive ketones (excluding diaryl/α,β-unsaturated/α-hetero) is 1. The lowest BCUT2D eigenvalue weighted by Gasteiger charge is -2.23. The topological polar surface area (TPSA) is 55.4 Å². The largest absolute Gasteiger partial charge is 0.456 e. The molecule has 1 aliphatic heterocycles. The Morgan fingerprint density at radius 2 is 1.65 bits per heavy atom. The van der Waals surface area contributed by atoms with E-state index >= 15 is 0 Å². The second-order valence-corrected chi connectivity index (χ2v) is 7.86. The van der Waals surface area contributed by atoms with E-state index < -0.39 is 0 Å². The molecule has 0 bridgehead atoms. The molecule has 0 fully saturated rings. The molecule has 1 heterocycles. The molecule has 31 heavy (non-hydrogen) atoms. The Kier molecular flexibility index (Phi) is 5.07. The molecule has 1 aliphatic rings. The lowest BCUT2D eigenvalue weighted by Crippen LogP contribution is -2.20. The van der Waals surface area contributed by atoms with Gasteiger partial charge in [-0.05, 0) is 61.4 Å². The number of hydrogen-bond acceptors (Lipinski definition) is 3. The van der Waals surface area contributed by atoms with E-state index in [1.807, 2.05) is 49.4 Å². The number of anilines is 1. The average Bonchev–Trinajstić information content (AvgIpc) is 2.71. The minimum atomic E-state index is -0.282. The van der Waals surface area contributed by atoms with Crippen LogP contribution >= 0.6 is 0 Å².